The molecule has 30 heavy (non-hydrogen) atoms. The number of fused-ring (bicyclic) bond motifs is 1. The van der Waals surface area contributed by atoms with Crippen molar-refractivity contribution in [3.8, 4) is 0 Å². The molecule has 0 saturated carbocycles. The van der Waals surface area contributed by atoms with Crippen LogP contribution in [0.5, 0.6) is 0 Å². The molecule has 2 aliphatic heterocycles. The Morgan fingerprint density at radius 1 is 1.20 bits per heavy atom. The molecule has 4 atom stereocenters. The van der Waals surface area contributed by atoms with E-state index in [-0.39, 0.29) is 23.2 Å². The molecule has 0 spiro atoms. The van der Waals surface area contributed by atoms with E-state index in [1.807, 2.05) is 27.7 Å². The fourth-order valence-electron chi connectivity index (χ4n) is 3.74. The Morgan fingerprint density at radius 2 is 1.80 bits per heavy atom. The van der Waals surface area contributed by atoms with Gasteiger partial charge in [0.1, 0.15) is 18.3 Å². The van der Waals surface area contributed by atoms with E-state index in [4.69, 9.17) is 18.6 Å². The molecule has 170 valence electrons. The average molecular weight is 441 g/mol. The van der Waals surface area contributed by atoms with Crippen LogP contribution in [-0.2, 0) is 18.6 Å². The van der Waals surface area contributed by atoms with Crippen molar-refractivity contribution in [1.29, 1.82) is 0 Å². The SMILES string of the molecule is CC(C)c1cc(=O)[nH]c(=O)n1[C@@H]1O[C@H](CO[Si](C)(C)C(C)(C)C)[C@H]2OC(C)(C)O[C@H]21. The average Bonchev–Trinajstić information content (AvgIpc) is 3.04. The number of ether oxygens (including phenoxy) is 3. The van der Waals surface area contributed by atoms with Gasteiger partial charge in [0, 0.05) is 11.8 Å². The van der Waals surface area contributed by atoms with Crippen molar-refractivity contribution in [2.45, 2.75) is 103 Å². The predicted octanol–water partition coefficient (Wildman–Crippen LogP) is 3.10. The maximum absolute atomic E-state index is 12.8. The zero-order valence-electron chi connectivity index (χ0n) is 19.6. The standard InChI is InChI=1S/C21H36N2O6Si/c1-12(2)13-10-15(24)22-19(25)23(13)18-17-16(28-21(6,7)29-17)14(27-18)11-26-30(8,9)20(3,4)5/h10,12,14,16-18H,11H2,1-9H3,(H,22,24,25)/t14-,16-,17-,18-/m1/s1. The Kier molecular flexibility index (Phi) is 6.01. The summed E-state index contributed by atoms with van der Waals surface area (Å²) in [5.74, 6) is -0.837. The van der Waals surface area contributed by atoms with Gasteiger partial charge in [0.25, 0.3) is 5.56 Å². The predicted molar refractivity (Wildman–Crippen MR) is 116 cm³/mol. The van der Waals surface area contributed by atoms with Crippen LogP contribution in [0.15, 0.2) is 15.7 Å². The maximum Gasteiger partial charge on any atom is 0.330 e. The van der Waals surface area contributed by atoms with Crippen LogP contribution in [-0.4, -0.2) is 48.6 Å². The fourth-order valence-corrected chi connectivity index (χ4v) is 4.75. The Bertz CT molecular complexity index is 898. The first-order valence-electron chi connectivity index (χ1n) is 10.6. The van der Waals surface area contributed by atoms with Gasteiger partial charge >= 0.3 is 5.69 Å². The molecule has 9 heteroatoms. The summed E-state index contributed by atoms with van der Waals surface area (Å²) in [7, 11) is -1.99. The van der Waals surface area contributed by atoms with Crippen LogP contribution >= 0.6 is 0 Å². The summed E-state index contributed by atoms with van der Waals surface area (Å²) in [6.45, 7) is 18.9. The minimum absolute atomic E-state index is 0.0417. The molecule has 1 N–H and O–H groups in total. The molecule has 3 heterocycles. The second kappa shape index (κ2) is 7.70. The van der Waals surface area contributed by atoms with Crippen LogP contribution in [0.2, 0.25) is 18.1 Å². The van der Waals surface area contributed by atoms with Crippen LogP contribution in [0.4, 0.5) is 0 Å². The molecule has 0 aliphatic carbocycles. The summed E-state index contributed by atoms with van der Waals surface area (Å²) < 4.78 is 26.5. The second-order valence-electron chi connectivity index (χ2n) is 10.6. The van der Waals surface area contributed by atoms with Gasteiger partial charge in [-0.15, -0.1) is 0 Å². The van der Waals surface area contributed by atoms with E-state index in [9.17, 15) is 9.59 Å². The highest BCUT2D eigenvalue weighted by Crippen LogP contribution is 2.44. The largest absolute Gasteiger partial charge is 0.414 e. The highest BCUT2D eigenvalue weighted by Gasteiger charge is 2.57. The van der Waals surface area contributed by atoms with Gasteiger partial charge < -0.3 is 18.6 Å². The van der Waals surface area contributed by atoms with Crippen molar-refractivity contribution in [3.63, 3.8) is 0 Å². The summed E-state index contributed by atoms with van der Waals surface area (Å²) in [5, 5.41) is 0.0668. The van der Waals surface area contributed by atoms with E-state index in [0.29, 0.717) is 12.3 Å². The van der Waals surface area contributed by atoms with Gasteiger partial charge in [0.2, 0.25) is 0 Å². The van der Waals surface area contributed by atoms with Gasteiger partial charge in [-0.1, -0.05) is 34.6 Å². The zero-order chi connectivity index (χ0) is 22.6. The Morgan fingerprint density at radius 3 is 2.37 bits per heavy atom. The highest BCUT2D eigenvalue weighted by molar-refractivity contribution is 6.74. The third kappa shape index (κ3) is 4.36. The van der Waals surface area contributed by atoms with Crippen LogP contribution in [0.1, 0.15) is 66.3 Å². The summed E-state index contributed by atoms with van der Waals surface area (Å²) in [6.07, 6.45) is -1.93. The van der Waals surface area contributed by atoms with E-state index in [1.54, 1.807) is 0 Å². The van der Waals surface area contributed by atoms with Gasteiger partial charge in [-0.05, 0) is 37.9 Å². The lowest BCUT2D eigenvalue weighted by Crippen LogP contribution is -2.44. The van der Waals surface area contributed by atoms with E-state index in [1.165, 1.54) is 10.6 Å². The van der Waals surface area contributed by atoms with Crippen molar-refractivity contribution < 1.29 is 18.6 Å². The molecule has 0 unspecified atom stereocenters. The Balaban J connectivity index is 1.95. The first kappa shape index (κ1) is 23.4. The molecular formula is C21H36N2O6Si. The van der Waals surface area contributed by atoms with Crippen LogP contribution in [0, 0.1) is 0 Å². The molecule has 0 bridgehead atoms. The topological polar surface area (TPSA) is 91.8 Å². The molecule has 0 aromatic carbocycles. The number of nitrogens with zero attached hydrogens (tertiary/aromatic N) is 1. The number of hydrogen-bond acceptors (Lipinski definition) is 6. The normalized spacial score (nSPS) is 28.9. The number of rotatable bonds is 5. The molecule has 1 aromatic heterocycles. The van der Waals surface area contributed by atoms with E-state index >= 15 is 0 Å². The maximum atomic E-state index is 12.8. The van der Waals surface area contributed by atoms with Crippen molar-refractivity contribution in [2.75, 3.05) is 6.61 Å². The number of nitrogens with one attached hydrogen (secondary N) is 1. The summed E-state index contributed by atoms with van der Waals surface area (Å²) in [5.41, 5.74) is -0.322. The molecule has 3 rings (SSSR count). The molecule has 1 aromatic rings. The van der Waals surface area contributed by atoms with Crippen LogP contribution < -0.4 is 11.2 Å². The van der Waals surface area contributed by atoms with Gasteiger partial charge in [-0.3, -0.25) is 14.3 Å². The quantitative estimate of drug-likeness (QED) is 0.708. The van der Waals surface area contributed by atoms with E-state index < -0.39 is 37.7 Å². The molecule has 2 aliphatic rings. The number of aromatic amines is 1. The molecule has 2 saturated heterocycles. The summed E-state index contributed by atoms with van der Waals surface area (Å²) >= 11 is 0. The van der Waals surface area contributed by atoms with Crippen LogP contribution in [0.25, 0.3) is 0 Å². The lowest BCUT2D eigenvalue weighted by atomic mass is 10.1. The van der Waals surface area contributed by atoms with E-state index in [0.717, 1.165) is 0 Å². The minimum Gasteiger partial charge on any atom is -0.414 e. The van der Waals surface area contributed by atoms with Crippen molar-refractivity contribution >= 4 is 8.32 Å². The Hall–Kier alpha value is -1.26. The third-order valence-electron chi connectivity index (χ3n) is 6.39. The number of hydrogen-bond donors (Lipinski definition) is 1. The molecule has 0 amide bonds. The Labute approximate surface area is 179 Å². The van der Waals surface area contributed by atoms with Crippen LogP contribution in [0.3, 0.4) is 0 Å². The van der Waals surface area contributed by atoms with Crippen molar-refractivity contribution in [3.05, 3.63) is 32.6 Å². The molecular weight excluding hydrogens is 404 g/mol. The van der Waals surface area contributed by atoms with Gasteiger partial charge in [0.15, 0.2) is 20.3 Å². The molecule has 2 fully saturated rings. The minimum atomic E-state index is -1.99. The second-order valence-corrected chi connectivity index (χ2v) is 15.4. The third-order valence-corrected chi connectivity index (χ3v) is 10.9. The zero-order valence-corrected chi connectivity index (χ0v) is 20.6. The summed E-state index contributed by atoms with van der Waals surface area (Å²) in [4.78, 5) is 27.0. The number of aromatic nitrogens is 2. The first-order chi connectivity index (χ1) is 13.6. The smallest absolute Gasteiger partial charge is 0.330 e. The molecule has 8 nitrogen and oxygen atoms in total. The van der Waals surface area contributed by atoms with Gasteiger partial charge in [-0.2, -0.15) is 0 Å². The number of H-pyrrole nitrogens is 1. The monoisotopic (exact) mass is 440 g/mol. The lowest BCUT2D eigenvalue weighted by molar-refractivity contribution is -0.200. The highest BCUT2D eigenvalue weighted by atomic mass is 28.4. The summed E-state index contributed by atoms with van der Waals surface area (Å²) in [6, 6.07) is 1.45. The fraction of sp³-hybridized carbons (Fsp3) is 0.810. The lowest BCUT2D eigenvalue weighted by Gasteiger charge is -2.37. The van der Waals surface area contributed by atoms with E-state index in [2.05, 4.69) is 38.8 Å². The van der Waals surface area contributed by atoms with Crippen molar-refractivity contribution in [1.82, 2.24) is 9.55 Å². The van der Waals surface area contributed by atoms with Gasteiger partial charge in [-0.25, -0.2) is 4.79 Å². The first-order valence-corrected chi connectivity index (χ1v) is 13.5. The molecule has 0 radical (unpaired) electrons. The van der Waals surface area contributed by atoms with Crippen molar-refractivity contribution in [2.24, 2.45) is 0 Å². The van der Waals surface area contributed by atoms with Gasteiger partial charge in [0.05, 0.1) is 6.61 Å².